The van der Waals surface area contributed by atoms with Gasteiger partial charge in [0.15, 0.2) is 11.0 Å². The second-order valence-corrected chi connectivity index (χ2v) is 8.21. The quantitative estimate of drug-likeness (QED) is 0.349. The van der Waals surface area contributed by atoms with Crippen LogP contribution in [0.2, 0.25) is 5.02 Å². The van der Waals surface area contributed by atoms with Gasteiger partial charge in [-0.15, -0.1) is 10.2 Å². The molecule has 1 fully saturated rings. The molecule has 0 atom stereocenters. The van der Waals surface area contributed by atoms with Gasteiger partial charge in [0.25, 0.3) is 0 Å². The van der Waals surface area contributed by atoms with Gasteiger partial charge in [-0.1, -0.05) is 48.3 Å². The first kappa shape index (κ1) is 20.0. The van der Waals surface area contributed by atoms with E-state index in [2.05, 4.69) is 14.8 Å². The SMILES string of the molecule is CCOC(=O)c1ccoc1CSc1nnc(-c2ccccc2Cl)n1C1CCCC1. The summed E-state index contributed by atoms with van der Waals surface area (Å²) < 4.78 is 12.8. The molecule has 0 amide bonds. The number of nitrogens with zero attached hydrogens (tertiary/aromatic N) is 3. The van der Waals surface area contributed by atoms with E-state index in [0.29, 0.717) is 34.7 Å². The van der Waals surface area contributed by atoms with E-state index in [4.69, 9.17) is 20.8 Å². The summed E-state index contributed by atoms with van der Waals surface area (Å²) in [5, 5.41) is 10.4. The fraction of sp³-hybridized carbons (Fsp3) is 0.381. The minimum Gasteiger partial charge on any atom is -0.468 e. The van der Waals surface area contributed by atoms with Gasteiger partial charge in [0, 0.05) is 11.6 Å². The molecule has 0 aliphatic heterocycles. The van der Waals surface area contributed by atoms with Gasteiger partial charge in [-0.05, 0) is 38.0 Å². The van der Waals surface area contributed by atoms with Crippen molar-refractivity contribution in [1.29, 1.82) is 0 Å². The van der Waals surface area contributed by atoms with Crippen LogP contribution in [0.25, 0.3) is 11.4 Å². The first-order valence-corrected chi connectivity index (χ1v) is 11.1. The first-order valence-electron chi connectivity index (χ1n) is 9.75. The third-order valence-corrected chi connectivity index (χ3v) is 6.31. The Hall–Kier alpha value is -2.25. The van der Waals surface area contributed by atoms with E-state index in [-0.39, 0.29) is 5.97 Å². The third-order valence-electron chi connectivity index (χ3n) is 5.04. The predicted molar refractivity (Wildman–Crippen MR) is 112 cm³/mol. The van der Waals surface area contributed by atoms with Gasteiger partial charge in [-0.25, -0.2) is 4.79 Å². The predicted octanol–water partition coefficient (Wildman–Crippen LogP) is 5.78. The summed E-state index contributed by atoms with van der Waals surface area (Å²) >= 11 is 7.94. The molecule has 1 saturated carbocycles. The molecular weight excluding hydrogens is 410 g/mol. The average Bonchev–Trinajstić information content (AvgIpc) is 3.46. The van der Waals surface area contributed by atoms with Crippen molar-refractivity contribution in [3.8, 4) is 11.4 Å². The maximum Gasteiger partial charge on any atom is 0.341 e. The van der Waals surface area contributed by atoms with Crippen LogP contribution >= 0.6 is 23.4 Å². The van der Waals surface area contributed by atoms with Crippen molar-refractivity contribution < 1.29 is 13.9 Å². The zero-order chi connectivity index (χ0) is 20.2. The number of benzene rings is 1. The Morgan fingerprint density at radius 1 is 1.28 bits per heavy atom. The van der Waals surface area contributed by atoms with Crippen molar-refractivity contribution in [3.05, 3.63) is 52.9 Å². The number of hydrogen-bond donors (Lipinski definition) is 0. The summed E-state index contributed by atoms with van der Waals surface area (Å²) in [6, 6.07) is 9.69. The van der Waals surface area contributed by atoms with Crippen molar-refractivity contribution >= 4 is 29.3 Å². The Balaban J connectivity index is 1.62. The van der Waals surface area contributed by atoms with Gasteiger partial charge < -0.3 is 9.15 Å². The molecule has 152 valence electrons. The maximum absolute atomic E-state index is 12.1. The highest BCUT2D eigenvalue weighted by atomic mass is 35.5. The number of halogens is 1. The van der Waals surface area contributed by atoms with Crippen molar-refractivity contribution in [2.75, 3.05) is 6.61 Å². The van der Waals surface area contributed by atoms with E-state index >= 15 is 0 Å². The van der Waals surface area contributed by atoms with Gasteiger partial charge in [0.1, 0.15) is 11.3 Å². The fourth-order valence-corrected chi connectivity index (χ4v) is 4.84. The highest BCUT2D eigenvalue weighted by molar-refractivity contribution is 7.98. The molecule has 1 aliphatic carbocycles. The molecular formula is C21H22ClN3O3S. The smallest absolute Gasteiger partial charge is 0.341 e. The van der Waals surface area contributed by atoms with Crippen LogP contribution in [-0.4, -0.2) is 27.3 Å². The first-order chi connectivity index (χ1) is 14.2. The van der Waals surface area contributed by atoms with E-state index in [1.165, 1.54) is 30.9 Å². The summed E-state index contributed by atoms with van der Waals surface area (Å²) in [4.78, 5) is 12.1. The average molecular weight is 432 g/mol. The molecule has 29 heavy (non-hydrogen) atoms. The lowest BCUT2D eigenvalue weighted by atomic mass is 10.2. The van der Waals surface area contributed by atoms with Crippen LogP contribution in [0.3, 0.4) is 0 Å². The van der Waals surface area contributed by atoms with E-state index in [0.717, 1.165) is 29.4 Å². The summed E-state index contributed by atoms with van der Waals surface area (Å²) in [5.41, 5.74) is 1.34. The van der Waals surface area contributed by atoms with Crippen LogP contribution in [0.5, 0.6) is 0 Å². The van der Waals surface area contributed by atoms with Crippen molar-refractivity contribution in [2.45, 2.75) is 49.6 Å². The number of hydrogen-bond acceptors (Lipinski definition) is 6. The zero-order valence-corrected chi connectivity index (χ0v) is 17.7. The molecule has 2 heterocycles. The van der Waals surface area contributed by atoms with Crippen LogP contribution in [0, 0.1) is 0 Å². The summed E-state index contributed by atoms with van der Waals surface area (Å²) in [5.74, 6) is 1.46. The van der Waals surface area contributed by atoms with E-state index in [9.17, 15) is 4.79 Å². The third kappa shape index (κ3) is 4.21. The van der Waals surface area contributed by atoms with Crippen molar-refractivity contribution in [2.24, 2.45) is 0 Å². The Morgan fingerprint density at radius 2 is 2.07 bits per heavy atom. The second kappa shape index (κ2) is 9.05. The van der Waals surface area contributed by atoms with Crippen LogP contribution in [0.4, 0.5) is 0 Å². The monoisotopic (exact) mass is 431 g/mol. The van der Waals surface area contributed by atoms with Crippen LogP contribution in [-0.2, 0) is 10.5 Å². The van der Waals surface area contributed by atoms with Gasteiger partial charge in [0.2, 0.25) is 0 Å². The summed E-state index contributed by atoms with van der Waals surface area (Å²) in [7, 11) is 0. The molecule has 3 aromatic rings. The Bertz CT molecular complexity index is 995. The van der Waals surface area contributed by atoms with Crippen molar-refractivity contribution in [3.63, 3.8) is 0 Å². The van der Waals surface area contributed by atoms with Crippen molar-refractivity contribution in [1.82, 2.24) is 14.8 Å². The zero-order valence-electron chi connectivity index (χ0n) is 16.1. The summed E-state index contributed by atoms with van der Waals surface area (Å²) in [6.07, 6.45) is 6.09. The molecule has 4 rings (SSSR count). The van der Waals surface area contributed by atoms with Gasteiger partial charge in [-0.3, -0.25) is 4.57 Å². The number of aromatic nitrogens is 3. The largest absolute Gasteiger partial charge is 0.468 e. The lowest BCUT2D eigenvalue weighted by Crippen LogP contribution is -2.09. The Morgan fingerprint density at radius 3 is 2.83 bits per heavy atom. The van der Waals surface area contributed by atoms with E-state index in [1.54, 1.807) is 13.0 Å². The molecule has 1 aliphatic rings. The molecule has 0 N–H and O–H groups in total. The molecule has 8 heteroatoms. The lowest BCUT2D eigenvalue weighted by Gasteiger charge is -2.17. The highest BCUT2D eigenvalue weighted by Gasteiger charge is 2.26. The minimum absolute atomic E-state index is 0.327. The molecule has 0 unspecified atom stereocenters. The van der Waals surface area contributed by atoms with Gasteiger partial charge in [-0.2, -0.15) is 0 Å². The standard InChI is InChI=1S/C21H22ClN3O3S/c1-2-27-20(26)16-11-12-28-18(16)13-29-21-24-23-19(15-9-5-6-10-17(15)22)25(21)14-7-3-4-8-14/h5-6,9-12,14H,2-4,7-8,13H2,1H3. The minimum atomic E-state index is -0.370. The Labute approximate surface area is 178 Å². The molecule has 0 bridgehead atoms. The highest BCUT2D eigenvalue weighted by Crippen LogP contribution is 2.39. The normalized spacial score (nSPS) is 14.4. The Kier molecular flexibility index (Phi) is 6.25. The number of rotatable bonds is 7. The molecule has 0 saturated heterocycles. The van der Waals surface area contributed by atoms with E-state index in [1.807, 2.05) is 24.3 Å². The lowest BCUT2D eigenvalue weighted by molar-refractivity contribution is 0.0524. The molecule has 0 radical (unpaired) electrons. The molecule has 6 nitrogen and oxygen atoms in total. The molecule has 2 aromatic heterocycles. The van der Waals surface area contributed by atoms with Gasteiger partial charge in [0.05, 0.1) is 23.6 Å². The van der Waals surface area contributed by atoms with Crippen LogP contribution in [0.1, 0.15) is 54.8 Å². The van der Waals surface area contributed by atoms with Crippen LogP contribution in [0.15, 0.2) is 46.2 Å². The van der Waals surface area contributed by atoms with Gasteiger partial charge >= 0.3 is 5.97 Å². The van der Waals surface area contributed by atoms with Crippen LogP contribution < -0.4 is 0 Å². The number of carbonyl (C=O) groups excluding carboxylic acids is 1. The number of ether oxygens (including phenoxy) is 1. The summed E-state index contributed by atoms with van der Waals surface area (Å²) in [6.45, 7) is 2.11. The fourth-order valence-electron chi connectivity index (χ4n) is 3.67. The maximum atomic E-state index is 12.1. The molecule has 1 aromatic carbocycles. The number of thioether (sulfide) groups is 1. The number of esters is 1. The topological polar surface area (TPSA) is 70.2 Å². The second-order valence-electron chi connectivity index (χ2n) is 6.86. The van der Waals surface area contributed by atoms with E-state index < -0.39 is 0 Å². The number of carbonyl (C=O) groups is 1. The molecule has 0 spiro atoms. The number of furan rings is 1.